The third-order valence-electron chi connectivity index (χ3n) is 5.34. The average molecular weight is 317 g/mol. The number of carbonyl (C=O) groups is 1. The number of rotatable bonds is 2. The van der Waals surface area contributed by atoms with Crippen molar-refractivity contribution in [2.24, 2.45) is 5.92 Å². The molecule has 3 aliphatic rings. The molecular weight excluding hydrogens is 294 g/mol. The van der Waals surface area contributed by atoms with Crippen molar-refractivity contribution in [2.75, 3.05) is 12.3 Å². The van der Waals surface area contributed by atoms with Gasteiger partial charge in [0.1, 0.15) is 0 Å². The number of fused-ring (bicyclic) bond motifs is 2. The Labute approximate surface area is 136 Å². The molecule has 0 aliphatic carbocycles. The highest BCUT2D eigenvalue weighted by atomic mass is 32.2. The highest BCUT2D eigenvalue weighted by Gasteiger charge is 2.47. The Kier molecular flexibility index (Phi) is 3.91. The van der Waals surface area contributed by atoms with Gasteiger partial charge in [-0.05, 0) is 24.8 Å². The highest BCUT2D eigenvalue weighted by Crippen LogP contribution is 2.43. The van der Waals surface area contributed by atoms with Gasteiger partial charge in [0.15, 0.2) is 0 Å². The molecule has 5 atom stereocenters. The first-order valence-electron chi connectivity index (χ1n) is 8.36. The van der Waals surface area contributed by atoms with Crippen molar-refractivity contribution in [2.45, 2.75) is 49.7 Å². The van der Waals surface area contributed by atoms with E-state index >= 15 is 0 Å². The van der Waals surface area contributed by atoms with Crippen molar-refractivity contribution in [1.29, 1.82) is 0 Å². The predicted molar refractivity (Wildman–Crippen MR) is 88.8 cm³/mol. The third kappa shape index (κ3) is 2.46. The minimum absolute atomic E-state index is 0.0975. The standard InChI is InChI=1S/C18H23NO2S/c1-12-17(13-5-3-2-4-6-13)19(9-10-22-12)18(20)15-11-14-7-8-16(15)21-14/h2-6,12,14-17H,7-11H2,1H3/t12-,14+,15-,16+,17+/m0/s1. The molecule has 0 aromatic heterocycles. The summed E-state index contributed by atoms with van der Waals surface area (Å²) < 4.78 is 5.91. The van der Waals surface area contributed by atoms with E-state index in [-0.39, 0.29) is 18.1 Å². The molecule has 0 saturated carbocycles. The number of hydrogen-bond acceptors (Lipinski definition) is 3. The van der Waals surface area contributed by atoms with Gasteiger partial charge in [-0.25, -0.2) is 0 Å². The second-order valence-corrected chi connectivity index (χ2v) is 8.16. The number of carbonyl (C=O) groups excluding carboxylic acids is 1. The SMILES string of the molecule is C[C@@H]1SCCN(C(=O)[C@H]2C[C@H]3CC[C@H]2O3)[C@H]1c1ccccc1. The van der Waals surface area contributed by atoms with E-state index in [1.165, 1.54) is 5.56 Å². The molecule has 0 unspecified atom stereocenters. The van der Waals surface area contributed by atoms with Crippen LogP contribution in [0.15, 0.2) is 30.3 Å². The zero-order chi connectivity index (χ0) is 15.1. The summed E-state index contributed by atoms with van der Waals surface area (Å²) in [7, 11) is 0. The monoisotopic (exact) mass is 317 g/mol. The van der Waals surface area contributed by atoms with Gasteiger partial charge in [-0.15, -0.1) is 0 Å². The largest absolute Gasteiger partial charge is 0.374 e. The molecule has 0 spiro atoms. The van der Waals surface area contributed by atoms with E-state index in [0.717, 1.165) is 31.6 Å². The van der Waals surface area contributed by atoms with E-state index in [2.05, 4.69) is 36.1 Å². The molecule has 3 heterocycles. The van der Waals surface area contributed by atoms with Crippen molar-refractivity contribution in [1.82, 2.24) is 4.90 Å². The summed E-state index contributed by atoms with van der Waals surface area (Å²) in [4.78, 5) is 15.3. The molecule has 1 amide bonds. The molecule has 4 rings (SSSR count). The Hall–Kier alpha value is -1.00. The Morgan fingerprint density at radius 1 is 1.27 bits per heavy atom. The third-order valence-corrected chi connectivity index (χ3v) is 6.54. The van der Waals surface area contributed by atoms with Gasteiger partial charge < -0.3 is 9.64 Å². The van der Waals surface area contributed by atoms with Crippen LogP contribution in [-0.2, 0) is 9.53 Å². The summed E-state index contributed by atoms with van der Waals surface area (Å²) in [6, 6.07) is 10.7. The summed E-state index contributed by atoms with van der Waals surface area (Å²) in [6.07, 6.45) is 3.66. The van der Waals surface area contributed by atoms with Crippen LogP contribution >= 0.6 is 11.8 Å². The van der Waals surface area contributed by atoms with Crippen molar-refractivity contribution in [3.8, 4) is 0 Å². The van der Waals surface area contributed by atoms with Crippen LogP contribution in [0.25, 0.3) is 0 Å². The van der Waals surface area contributed by atoms with Crippen LogP contribution in [0.1, 0.15) is 37.8 Å². The number of ether oxygens (including phenoxy) is 1. The van der Waals surface area contributed by atoms with Crippen LogP contribution in [-0.4, -0.2) is 40.6 Å². The minimum Gasteiger partial charge on any atom is -0.374 e. The molecule has 4 heteroatoms. The maximum atomic E-state index is 13.2. The van der Waals surface area contributed by atoms with Gasteiger partial charge >= 0.3 is 0 Å². The van der Waals surface area contributed by atoms with E-state index < -0.39 is 0 Å². The quantitative estimate of drug-likeness (QED) is 0.838. The second-order valence-electron chi connectivity index (χ2n) is 6.68. The second kappa shape index (κ2) is 5.89. The van der Waals surface area contributed by atoms with Crippen LogP contribution in [0.4, 0.5) is 0 Å². The van der Waals surface area contributed by atoms with Gasteiger partial charge in [-0.1, -0.05) is 37.3 Å². The molecule has 1 aromatic carbocycles. The van der Waals surface area contributed by atoms with E-state index in [1.54, 1.807) is 0 Å². The zero-order valence-electron chi connectivity index (χ0n) is 13.0. The smallest absolute Gasteiger partial charge is 0.228 e. The molecule has 2 bridgehead atoms. The number of hydrogen-bond donors (Lipinski definition) is 0. The van der Waals surface area contributed by atoms with Gasteiger partial charge in [0, 0.05) is 17.5 Å². The fraction of sp³-hybridized carbons (Fsp3) is 0.611. The summed E-state index contributed by atoms with van der Waals surface area (Å²) >= 11 is 1.97. The molecule has 3 saturated heterocycles. The number of nitrogens with zero attached hydrogens (tertiary/aromatic N) is 1. The average Bonchev–Trinajstić information content (AvgIpc) is 3.18. The van der Waals surface area contributed by atoms with Crippen molar-refractivity contribution < 1.29 is 9.53 Å². The molecule has 3 fully saturated rings. The summed E-state index contributed by atoms with van der Waals surface area (Å²) in [5.74, 6) is 1.46. The van der Waals surface area contributed by atoms with Crippen LogP contribution in [0.5, 0.6) is 0 Å². The first-order valence-corrected chi connectivity index (χ1v) is 9.41. The van der Waals surface area contributed by atoms with Crippen molar-refractivity contribution >= 4 is 17.7 Å². The van der Waals surface area contributed by atoms with Crippen molar-refractivity contribution in [3.05, 3.63) is 35.9 Å². The van der Waals surface area contributed by atoms with Crippen molar-refractivity contribution in [3.63, 3.8) is 0 Å². The maximum absolute atomic E-state index is 13.2. The van der Waals surface area contributed by atoms with E-state index in [0.29, 0.717) is 17.3 Å². The van der Waals surface area contributed by atoms with E-state index in [9.17, 15) is 4.79 Å². The topological polar surface area (TPSA) is 29.5 Å². The summed E-state index contributed by atoms with van der Waals surface area (Å²) in [5, 5.41) is 0.444. The first kappa shape index (κ1) is 14.6. The number of benzene rings is 1. The highest BCUT2D eigenvalue weighted by molar-refractivity contribution is 8.00. The van der Waals surface area contributed by atoms with Crippen LogP contribution in [0.2, 0.25) is 0 Å². The normalized spacial score (nSPS) is 37.5. The Morgan fingerprint density at radius 3 is 2.77 bits per heavy atom. The Bertz CT molecular complexity index is 549. The van der Waals surface area contributed by atoms with Gasteiger partial charge in [-0.2, -0.15) is 11.8 Å². The summed E-state index contributed by atoms with van der Waals surface area (Å²) in [5.41, 5.74) is 1.26. The lowest BCUT2D eigenvalue weighted by Crippen LogP contribution is -2.48. The maximum Gasteiger partial charge on any atom is 0.228 e. The Morgan fingerprint density at radius 2 is 2.09 bits per heavy atom. The van der Waals surface area contributed by atoms with Gasteiger partial charge in [-0.3, -0.25) is 4.79 Å². The van der Waals surface area contributed by atoms with Gasteiger partial charge in [0.2, 0.25) is 5.91 Å². The summed E-state index contributed by atoms with van der Waals surface area (Å²) in [6.45, 7) is 3.11. The Balaban J connectivity index is 1.59. The fourth-order valence-corrected chi connectivity index (χ4v) is 5.44. The molecule has 3 aliphatic heterocycles. The lowest BCUT2D eigenvalue weighted by atomic mass is 9.87. The molecule has 22 heavy (non-hydrogen) atoms. The molecule has 0 radical (unpaired) electrons. The molecular formula is C18H23NO2S. The fourth-order valence-electron chi connectivity index (χ4n) is 4.28. The van der Waals surface area contributed by atoms with Gasteiger partial charge in [0.05, 0.1) is 24.2 Å². The van der Waals surface area contributed by atoms with E-state index in [1.807, 2.05) is 17.8 Å². The number of amides is 1. The number of thioether (sulfide) groups is 1. The van der Waals surface area contributed by atoms with Crippen LogP contribution in [0.3, 0.4) is 0 Å². The molecule has 1 aromatic rings. The minimum atomic E-state index is 0.0975. The lowest BCUT2D eigenvalue weighted by molar-refractivity contribution is -0.139. The van der Waals surface area contributed by atoms with Crippen LogP contribution < -0.4 is 0 Å². The predicted octanol–water partition coefficient (Wildman–Crippen LogP) is 3.26. The zero-order valence-corrected chi connectivity index (χ0v) is 13.8. The first-order chi connectivity index (χ1) is 10.7. The lowest BCUT2D eigenvalue weighted by Gasteiger charge is -2.41. The van der Waals surface area contributed by atoms with E-state index in [4.69, 9.17) is 4.74 Å². The molecule has 3 nitrogen and oxygen atoms in total. The molecule has 118 valence electrons. The van der Waals surface area contributed by atoms with Crippen LogP contribution in [0, 0.1) is 5.92 Å². The van der Waals surface area contributed by atoms with Gasteiger partial charge in [0.25, 0.3) is 0 Å². The molecule has 0 N–H and O–H groups in total.